The van der Waals surface area contributed by atoms with E-state index in [9.17, 15) is 23.4 Å². The SMILES string of the molecule is O=C(NC1CCOC1)c1cc(Cl)cc(CS(=O)(=O)c2cc(Br)ccc2O)c1O. The van der Waals surface area contributed by atoms with Crippen LogP contribution in [0.4, 0.5) is 0 Å². The predicted octanol–water partition coefficient (Wildman–Crippen LogP) is 3.01. The minimum atomic E-state index is -4.02. The van der Waals surface area contributed by atoms with E-state index in [1.165, 1.54) is 30.3 Å². The van der Waals surface area contributed by atoms with Crippen LogP contribution in [0, 0.1) is 0 Å². The van der Waals surface area contributed by atoms with E-state index in [1.54, 1.807) is 0 Å². The summed E-state index contributed by atoms with van der Waals surface area (Å²) in [5.74, 6) is -2.10. The maximum atomic E-state index is 12.7. The first-order valence-electron chi connectivity index (χ1n) is 8.28. The van der Waals surface area contributed by atoms with Gasteiger partial charge in [0, 0.05) is 21.7 Å². The van der Waals surface area contributed by atoms with Crippen molar-refractivity contribution >= 4 is 43.3 Å². The van der Waals surface area contributed by atoms with Gasteiger partial charge in [-0.05, 0) is 36.8 Å². The van der Waals surface area contributed by atoms with Crippen LogP contribution in [-0.2, 0) is 20.3 Å². The first-order chi connectivity index (χ1) is 13.2. The molecule has 2 aromatic carbocycles. The Kier molecular flexibility index (Phi) is 6.18. The Labute approximate surface area is 175 Å². The first kappa shape index (κ1) is 20.9. The van der Waals surface area contributed by atoms with Crippen molar-refractivity contribution in [3.05, 3.63) is 51.0 Å². The second kappa shape index (κ2) is 8.28. The number of aromatic hydroxyl groups is 2. The summed E-state index contributed by atoms with van der Waals surface area (Å²) in [5, 5.41) is 23.2. The topological polar surface area (TPSA) is 113 Å². The summed E-state index contributed by atoms with van der Waals surface area (Å²) in [6, 6.07) is 6.38. The Morgan fingerprint density at radius 2 is 2.04 bits per heavy atom. The standard InChI is InChI=1S/C18H17BrClNO6S/c19-11-1-2-15(22)16(6-11)28(25,26)9-10-5-12(20)7-14(17(10)23)18(24)21-13-3-4-27-8-13/h1-2,5-7,13,22-23H,3-4,8-9H2,(H,21,24). The number of phenolic OH excluding ortho intramolecular Hbond substituents is 2. The van der Waals surface area contributed by atoms with Crippen LogP contribution < -0.4 is 5.32 Å². The molecule has 28 heavy (non-hydrogen) atoms. The van der Waals surface area contributed by atoms with Gasteiger partial charge < -0.3 is 20.3 Å². The minimum absolute atomic E-state index is 0.0419. The number of ether oxygens (including phenoxy) is 1. The highest BCUT2D eigenvalue weighted by Crippen LogP contribution is 2.33. The molecule has 0 bridgehead atoms. The molecule has 7 nitrogen and oxygen atoms in total. The van der Waals surface area contributed by atoms with E-state index >= 15 is 0 Å². The molecule has 150 valence electrons. The summed E-state index contributed by atoms with van der Waals surface area (Å²) in [6.07, 6.45) is 0.649. The fraction of sp³-hybridized carbons (Fsp3) is 0.278. The van der Waals surface area contributed by atoms with E-state index in [4.69, 9.17) is 16.3 Å². The van der Waals surface area contributed by atoms with Crippen LogP contribution >= 0.6 is 27.5 Å². The summed E-state index contributed by atoms with van der Waals surface area (Å²) in [5.41, 5.74) is -0.164. The molecule has 0 radical (unpaired) electrons. The van der Waals surface area contributed by atoms with Crippen molar-refractivity contribution < 1.29 is 28.2 Å². The third-order valence-corrected chi connectivity index (χ3v) is 6.67. The van der Waals surface area contributed by atoms with Crippen LogP contribution in [0.25, 0.3) is 0 Å². The van der Waals surface area contributed by atoms with Crippen LogP contribution in [0.2, 0.25) is 5.02 Å². The number of carbonyl (C=O) groups excluding carboxylic acids is 1. The van der Waals surface area contributed by atoms with E-state index in [-0.39, 0.29) is 27.1 Å². The molecule has 3 rings (SSSR count). The van der Waals surface area contributed by atoms with E-state index in [0.29, 0.717) is 24.1 Å². The van der Waals surface area contributed by atoms with Crippen LogP contribution in [0.3, 0.4) is 0 Å². The highest BCUT2D eigenvalue weighted by Gasteiger charge is 2.26. The average Bonchev–Trinajstić information content (AvgIpc) is 3.12. The van der Waals surface area contributed by atoms with E-state index in [1.807, 2.05) is 0 Å². The number of hydrogen-bond donors (Lipinski definition) is 3. The molecule has 1 amide bonds. The van der Waals surface area contributed by atoms with Gasteiger partial charge in [0.15, 0.2) is 9.84 Å². The van der Waals surface area contributed by atoms with Gasteiger partial charge in [0.2, 0.25) is 0 Å². The number of amides is 1. The van der Waals surface area contributed by atoms with Gasteiger partial charge in [-0.1, -0.05) is 27.5 Å². The lowest BCUT2D eigenvalue weighted by Gasteiger charge is -2.14. The predicted molar refractivity (Wildman–Crippen MR) is 107 cm³/mol. The lowest BCUT2D eigenvalue weighted by molar-refractivity contribution is 0.0927. The first-order valence-corrected chi connectivity index (χ1v) is 11.1. The number of phenols is 2. The molecule has 1 aliphatic heterocycles. The van der Waals surface area contributed by atoms with E-state index in [0.717, 1.165) is 0 Å². The van der Waals surface area contributed by atoms with Crippen LogP contribution in [0.1, 0.15) is 22.3 Å². The molecule has 1 heterocycles. The maximum Gasteiger partial charge on any atom is 0.255 e. The largest absolute Gasteiger partial charge is 0.507 e. The van der Waals surface area contributed by atoms with Gasteiger partial charge in [0.25, 0.3) is 5.91 Å². The second-order valence-electron chi connectivity index (χ2n) is 6.37. The number of rotatable bonds is 5. The lowest BCUT2D eigenvalue weighted by Crippen LogP contribution is -2.35. The van der Waals surface area contributed by atoms with Gasteiger partial charge in [-0.15, -0.1) is 0 Å². The number of carbonyl (C=O) groups is 1. The summed E-state index contributed by atoms with van der Waals surface area (Å²) in [6.45, 7) is 0.905. The number of hydrogen-bond acceptors (Lipinski definition) is 6. The van der Waals surface area contributed by atoms with Crippen molar-refractivity contribution in [1.82, 2.24) is 5.32 Å². The highest BCUT2D eigenvalue weighted by molar-refractivity contribution is 9.10. The molecule has 0 spiro atoms. The summed E-state index contributed by atoms with van der Waals surface area (Å²) < 4.78 is 31.2. The molecule has 1 unspecified atom stereocenters. The third kappa shape index (κ3) is 4.60. The molecular formula is C18H17BrClNO6S. The van der Waals surface area contributed by atoms with Gasteiger partial charge >= 0.3 is 0 Å². The maximum absolute atomic E-state index is 12.7. The van der Waals surface area contributed by atoms with E-state index < -0.39 is 33.0 Å². The molecule has 1 aliphatic rings. The number of halogens is 2. The lowest BCUT2D eigenvalue weighted by atomic mass is 10.1. The van der Waals surface area contributed by atoms with Gasteiger partial charge in [0.05, 0.1) is 24.0 Å². The van der Waals surface area contributed by atoms with Gasteiger partial charge in [-0.25, -0.2) is 8.42 Å². The molecule has 0 saturated carbocycles. The van der Waals surface area contributed by atoms with Crippen LogP contribution in [-0.4, -0.2) is 43.8 Å². The Morgan fingerprint density at radius 1 is 1.29 bits per heavy atom. The van der Waals surface area contributed by atoms with E-state index in [2.05, 4.69) is 21.2 Å². The molecule has 0 aromatic heterocycles. The summed E-state index contributed by atoms with van der Waals surface area (Å²) >= 11 is 9.21. The number of benzene rings is 2. The minimum Gasteiger partial charge on any atom is -0.507 e. The molecular weight excluding hydrogens is 474 g/mol. The molecule has 3 N–H and O–H groups in total. The second-order valence-corrected chi connectivity index (χ2v) is 9.68. The van der Waals surface area contributed by atoms with Crippen molar-refractivity contribution in [3.8, 4) is 11.5 Å². The van der Waals surface area contributed by atoms with Crippen molar-refractivity contribution in [3.63, 3.8) is 0 Å². The quantitative estimate of drug-likeness (QED) is 0.594. The Morgan fingerprint density at radius 3 is 2.71 bits per heavy atom. The Hall–Kier alpha value is -1.81. The molecule has 2 aromatic rings. The van der Waals surface area contributed by atoms with Crippen LogP contribution in [0.15, 0.2) is 39.7 Å². The van der Waals surface area contributed by atoms with Gasteiger partial charge in [-0.3, -0.25) is 4.79 Å². The average molecular weight is 491 g/mol. The molecule has 1 saturated heterocycles. The van der Waals surface area contributed by atoms with Crippen molar-refractivity contribution in [2.45, 2.75) is 23.1 Å². The fourth-order valence-corrected chi connectivity index (χ4v) is 5.10. The zero-order valence-electron chi connectivity index (χ0n) is 14.5. The molecule has 10 heteroatoms. The van der Waals surface area contributed by atoms with Crippen molar-refractivity contribution in [1.29, 1.82) is 0 Å². The van der Waals surface area contributed by atoms with Crippen molar-refractivity contribution in [2.75, 3.05) is 13.2 Å². The molecule has 0 aliphatic carbocycles. The Balaban J connectivity index is 1.93. The Bertz CT molecular complexity index is 1020. The number of nitrogens with one attached hydrogen (secondary N) is 1. The zero-order valence-corrected chi connectivity index (χ0v) is 17.6. The van der Waals surface area contributed by atoms with Crippen LogP contribution in [0.5, 0.6) is 11.5 Å². The zero-order chi connectivity index (χ0) is 20.5. The third-order valence-electron chi connectivity index (χ3n) is 4.27. The monoisotopic (exact) mass is 489 g/mol. The smallest absolute Gasteiger partial charge is 0.255 e. The summed E-state index contributed by atoms with van der Waals surface area (Å²) in [7, 11) is -4.02. The van der Waals surface area contributed by atoms with Gasteiger partial charge in [0.1, 0.15) is 16.4 Å². The normalized spacial score (nSPS) is 16.9. The number of sulfone groups is 1. The molecule has 1 fully saturated rings. The highest BCUT2D eigenvalue weighted by atomic mass is 79.9. The summed E-state index contributed by atoms with van der Waals surface area (Å²) in [4.78, 5) is 12.2. The molecule has 1 atom stereocenters. The fourth-order valence-electron chi connectivity index (χ4n) is 2.87. The van der Waals surface area contributed by atoms with Crippen molar-refractivity contribution in [2.24, 2.45) is 0 Å². The van der Waals surface area contributed by atoms with Gasteiger partial charge in [-0.2, -0.15) is 0 Å².